The van der Waals surface area contributed by atoms with E-state index in [4.69, 9.17) is 0 Å². The molecule has 262 valence electrons. The van der Waals surface area contributed by atoms with Gasteiger partial charge in [-0.25, -0.2) is 0 Å². The number of hydrogen-bond donors (Lipinski definition) is 0. The lowest BCUT2D eigenvalue weighted by atomic mass is 9.64. The maximum Gasteiger partial charge on any atom is 0.193 e. The average Bonchev–Trinajstić information content (AvgIpc) is 3.21. The van der Waals surface area contributed by atoms with Crippen molar-refractivity contribution in [2.24, 2.45) is 0 Å². The van der Waals surface area contributed by atoms with Crippen LogP contribution in [0.3, 0.4) is 0 Å². The number of carbonyl (C=O) groups excluding carboxylic acids is 2. The third kappa shape index (κ3) is 5.23. The van der Waals surface area contributed by atoms with Crippen molar-refractivity contribution in [3.05, 3.63) is 248 Å². The molecule has 0 radical (unpaired) electrons. The molecule has 0 aliphatic heterocycles. The summed E-state index contributed by atoms with van der Waals surface area (Å²) in [6.07, 6.45) is 0. The molecule has 0 saturated heterocycles. The Bertz CT molecular complexity index is 2310. The molecular formula is C52H42O2. The summed E-state index contributed by atoms with van der Waals surface area (Å²) in [6.45, 7) is 9.19. The van der Waals surface area contributed by atoms with Gasteiger partial charge in [0.05, 0.1) is 0 Å². The summed E-state index contributed by atoms with van der Waals surface area (Å²) in [5.41, 5.74) is 14.5. The van der Waals surface area contributed by atoms with Gasteiger partial charge in [0.1, 0.15) is 0 Å². The SMILES string of the molecule is CC1(C)c2ccccc2C(c2ccc(C(=O)c3ccccc3C(=O)c3ccc(C4c5ccccc5C(C)(C)c5ccccc54)cc3)cc2)c2ccccc21. The van der Waals surface area contributed by atoms with Crippen LogP contribution in [-0.2, 0) is 10.8 Å². The van der Waals surface area contributed by atoms with Crippen molar-refractivity contribution in [2.45, 2.75) is 50.4 Å². The summed E-state index contributed by atoms with van der Waals surface area (Å²) < 4.78 is 0. The van der Waals surface area contributed by atoms with Crippen LogP contribution in [-0.4, -0.2) is 11.6 Å². The van der Waals surface area contributed by atoms with Crippen molar-refractivity contribution < 1.29 is 9.59 Å². The lowest BCUT2D eigenvalue weighted by Gasteiger charge is -2.39. The van der Waals surface area contributed by atoms with Crippen LogP contribution < -0.4 is 0 Å². The Morgan fingerprint density at radius 3 is 0.907 bits per heavy atom. The van der Waals surface area contributed by atoms with E-state index in [0.29, 0.717) is 22.3 Å². The van der Waals surface area contributed by atoms with E-state index >= 15 is 0 Å². The largest absolute Gasteiger partial charge is 0.289 e. The van der Waals surface area contributed by atoms with E-state index in [-0.39, 0.29) is 34.2 Å². The Kier molecular flexibility index (Phi) is 7.97. The van der Waals surface area contributed by atoms with Crippen molar-refractivity contribution in [1.29, 1.82) is 0 Å². The highest BCUT2D eigenvalue weighted by Gasteiger charge is 2.39. The average molecular weight is 699 g/mol. The quantitative estimate of drug-likeness (QED) is 0.162. The minimum absolute atomic E-state index is 0.0634. The second-order valence-corrected chi connectivity index (χ2v) is 15.9. The zero-order chi connectivity index (χ0) is 37.2. The summed E-state index contributed by atoms with van der Waals surface area (Å²) in [6, 6.07) is 58.0. The molecule has 2 aliphatic carbocycles. The fourth-order valence-corrected chi connectivity index (χ4v) is 9.46. The highest BCUT2D eigenvalue weighted by atomic mass is 16.1. The number of rotatable bonds is 6. The smallest absolute Gasteiger partial charge is 0.193 e. The third-order valence-electron chi connectivity index (χ3n) is 12.2. The van der Waals surface area contributed by atoms with Gasteiger partial charge in [-0.3, -0.25) is 9.59 Å². The fourth-order valence-electron chi connectivity index (χ4n) is 9.46. The molecular weight excluding hydrogens is 657 g/mol. The molecule has 2 nitrogen and oxygen atoms in total. The Morgan fingerprint density at radius 1 is 0.352 bits per heavy atom. The predicted octanol–water partition coefficient (Wildman–Crippen LogP) is 11.8. The number of ketones is 2. The molecule has 2 heteroatoms. The summed E-state index contributed by atoms with van der Waals surface area (Å²) in [5, 5.41) is 0. The first-order chi connectivity index (χ1) is 26.2. The molecule has 0 saturated carbocycles. The molecule has 0 amide bonds. The van der Waals surface area contributed by atoms with Gasteiger partial charge < -0.3 is 0 Å². The molecule has 0 spiro atoms. The summed E-state index contributed by atoms with van der Waals surface area (Å²) >= 11 is 0. The first-order valence-corrected chi connectivity index (χ1v) is 18.9. The number of benzene rings is 7. The van der Waals surface area contributed by atoms with Crippen LogP contribution in [0.5, 0.6) is 0 Å². The Balaban J connectivity index is 1.02. The summed E-state index contributed by atoms with van der Waals surface area (Å²) in [7, 11) is 0. The van der Waals surface area contributed by atoms with Gasteiger partial charge >= 0.3 is 0 Å². The standard InChI is InChI=1S/C52H42O2/c1-51(2)43-21-11-7-17-39(43)47(40-18-8-12-22-44(40)51)33-25-29-35(30-26-33)49(53)37-15-5-6-16-38(37)50(54)36-31-27-34(28-32-36)48-41-19-9-13-23-45(41)52(3,4)46-24-14-10-20-42(46)48/h5-32,47-48H,1-4H3. The van der Waals surface area contributed by atoms with Crippen molar-refractivity contribution in [3.8, 4) is 0 Å². The first kappa shape index (κ1) is 33.7. The van der Waals surface area contributed by atoms with Crippen LogP contribution in [0.1, 0.15) is 127 Å². The molecule has 0 aromatic heterocycles. The molecule has 0 unspecified atom stereocenters. The van der Waals surface area contributed by atoms with Crippen LogP contribution in [0.4, 0.5) is 0 Å². The minimum atomic E-state index is -0.161. The summed E-state index contributed by atoms with van der Waals surface area (Å²) in [4.78, 5) is 28.3. The first-order valence-electron chi connectivity index (χ1n) is 18.9. The van der Waals surface area contributed by atoms with Gasteiger partial charge in [-0.2, -0.15) is 0 Å². The van der Waals surface area contributed by atoms with E-state index in [2.05, 4.69) is 149 Å². The minimum Gasteiger partial charge on any atom is -0.289 e. The van der Waals surface area contributed by atoms with Gasteiger partial charge in [-0.15, -0.1) is 0 Å². The van der Waals surface area contributed by atoms with Gasteiger partial charge in [-0.1, -0.05) is 198 Å². The normalized spacial score (nSPS) is 15.3. The second-order valence-electron chi connectivity index (χ2n) is 15.9. The molecule has 0 N–H and O–H groups in total. The van der Waals surface area contributed by atoms with Gasteiger partial charge in [0, 0.05) is 44.9 Å². The molecule has 0 heterocycles. The van der Waals surface area contributed by atoms with E-state index in [1.807, 2.05) is 36.4 Å². The van der Waals surface area contributed by atoms with Gasteiger partial charge in [-0.05, 0) is 55.6 Å². The van der Waals surface area contributed by atoms with Crippen molar-refractivity contribution in [3.63, 3.8) is 0 Å². The lowest BCUT2D eigenvalue weighted by Crippen LogP contribution is -2.29. The number of fused-ring (bicyclic) bond motifs is 4. The Morgan fingerprint density at radius 2 is 0.611 bits per heavy atom. The predicted molar refractivity (Wildman–Crippen MR) is 218 cm³/mol. The van der Waals surface area contributed by atoms with E-state index < -0.39 is 0 Å². The van der Waals surface area contributed by atoms with E-state index in [1.54, 1.807) is 12.1 Å². The molecule has 54 heavy (non-hydrogen) atoms. The zero-order valence-electron chi connectivity index (χ0n) is 31.1. The molecule has 7 aromatic carbocycles. The lowest BCUT2D eigenvalue weighted by molar-refractivity contribution is 0.100. The van der Waals surface area contributed by atoms with Crippen molar-refractivity contribution in [2.75, 3.05) is 0 Å². The number of carbonyl (C=O) groups is 2. The molecule has 0 fully saturated rings. The molecule has 0 atom stereocenters. The number of hydrogen-bond acceptors (Lipinski definition) is 2. The van der Waals surface area contributed by atoms with Crippen LogP contribution >= 0.6 is 0 Å². The van der Waals surface area contributed by atoms with Gasteiger partial charge in [0.25, 0.3) is 0 Å². The van der Waals surface area contributed by atoms with Gasteiger partial charge in [0.2, 0.25) is 0 Å². The van der Waals surface area contributed by atoms with Crippen molar-refractivity contribution in [1.82, 2.24) is 0 Å². The molecule has 9 rings (SSSR count). The Labute approximate surface area is 318 Å². The van der Waals surface area contributed by atoms with E-state index in [1.165, 1.54) is 44.5 Å². The zero-order valence-corrected chi connectivity index (χ0v) is 31.1. The monoisotopic (exact) mass is 698 g/mol. The maximum atomic E-state index is 14.2. The summed E-state index contributed by atoms with van der Waals surface area (Å²) in [5.74, 6) is -0.196. The van der Waals surface area contributed by atoms with Crippen LogP contribution in [0.2, 0.25) is 0 Å². The topological polar surface area (TPSA) is 34.1 Å². The fraction of sp³-hybridized carbons (Fsp3) is 0.154. The molecule has 0 bridgehead atoms. The Hall–Kier alpha value is -6.12. The van der Waals surface area contributed by atoms with Crippen LogP contribution in [0.15, 0.2) is 170 Å². The van der Waals surface area contributed by atoms with Crippen LogP contribution in [0.25, 0.3) is 0 Å². The molecule has 2 aliphatic rings. The second kappa shape index (κ2) is 12.8. The van der Waals surface area contributed by atoms with E-state index in [0.717, 1.165) is 11.1 Å². The molecule has 7 aromatic rings. The third-order valence-corrected chi connectivity index (χ3v) is 12.2. The highest BCUT2D eigenvalue weighted by Crippen LogP contribution is 2.50. The van der Waals surface area contributed by atoms with Gasteiger partial charge in [0.15, 0.2) is 11.6 Å². The highest BCUT2D eigenvalue weighted by molar-refractivity contribution is 6.19. The van der Waals surface area contributed by atoms with E-state index in [9.17, 15) is 9.59 Å². The van der Waals surface area contributed by atoms with Crippen LogP contribution in [0, 0.1) is 0 Å². The maximum absolute atomic E-state index is 14.2. The van der Waals surface area contributed by atoms with Crippen molar-refractivity contribution >= 4 is 11.6 Å².